The van der Waals surface area contributed by atoms with E-state index in [0.717, 1.165) is 28.0 Å². The fourth-order valence-electron chi connectivity index (χ4n) is 4.09. The zero-order valence-corrected chi connectivity index (χ0v) is 21.9. The Morgan fingerprint density at radius 1 is 1.03 bits per heavy atom. The third-order valence-corrected chi connectivity index (χ3v) is 6.45. The van der Waals surface area contributed by atoms with Crippen LogP contribution in [0.5, 0.6) is 11.5 Å². The average Bonchev–Trinajstić information content (AvgIpc) is 2.91. The summed E-state index contributed by atoms with van der Waals surface area (Å²) in [6.45, 7) is 6.05. The van der Waals surface area contributed by atoms with Gasteiger partial charge in [0.2, 0.25) is 0 Å². The van der Waals surface area contributed by atoms with Crippen LogP contribution < -0.4 is 19.7 Å². The number of aryl methyl sites for hydroxylation is 1. The second-order valence-electron chi connectivity index (χ2n) is 8.56. The molecule has 7 nitrogen and oxygen atoms in total. The summed E-state index contributed by atoms with van der Waals surface area (Å²) in [7, 11) is 1.51. The van der Waals surface area contributed by atoms with Crippen LogP contribution in [0.3, 0.4) is 0 Å². The van der Waals surface area contributed by atoms with Crippen LogP contribution >= 0.6 is 11.6 Å². The van der Waals surface area contributed by atoms with E-state index in [2.05, 4.69) is 11.9 Å². The smallest absolute Gasteiger partial charge is 0.335 e. The largest absolute Gasteiger partial charge is 0.493 e. The van der Waals surface area contributed by atoms with Crippen LogP contribution in [0.4, 0.5) is 10.5 Å². The number of allylic oxidation sites excluding steroid dienone is 1. The number of urea groups is 1. The van der Waals surface area contributed by atoms with E-state index in [0.29, 0.717) is 34.2 Å². The number of hydrogen-bond donors (Lipinski definition) is 1. The van der Waals surface area contributed by atoms with E-state index in [1.807, 2.05) is 37.3 Å². The molecule has 1 aliphatic heterocycles. The van der Waals surface area contributed by atoms with Crippen LogP contribution in [0, 0.1) is 0 Å². The Balaban J connectivity index is 1.69. The number of amides is 4. The van der Waals surface area contributed by atoms with E-state index >= 15 is 0 Å². The standard InChI is InChI=1S/C30H27ClN2O5/c1-4-8-21-15-20(17-26(37-3)27(21)38-18-22-9-6-7-10-25(22)31)16-24-28(34)32-30(36)33(29(24)35)23-13-11-19(5-2)12-14-23/h4,6-7,9-17H,1,5,8,18H2,2-3H3,(H,32,34,36)/b24-16-. The molecule has 4 rings (SSSR count). The SMILES string of the molecule is C=CCc1cc(/C=C2/C(=O)NC(=O)N(c3ccc(CC)cc3)C2=O)cc(OC)c1OCc1ccccc1Cl. The van der Waals surface area contributed by atoms with Gasteiger partial charge in [-0.3, -0.25) is 14.9 Å². The fraction of sp³-hybridized carbons (Fsp3) is 0.167. The van der Waals surface area contributed by atoms with E-state index in [1.54, 1.807) is 36.4 Å². The van der Waals surface area contributed by atoms with E-state index in [4.69, 9.17) is 21.1 Å². The van der Waals surface area contributed by atoms with Crippen LogP contribution in [-0.2, 0) is 29.0 Å². The lowest BCUT2D eigenvalue weighted by molar-refractivity contribution is -0.122. The van der Waals surface area contributed by atoms with Crippen molar-refractivity contribution in [1.82, 2.24) is 5.32 Å². The van der Waals surface area contributed by atoms with Crippen LogP contribution in [0.2, 0.25) is 5.02 Å². The van der Waals surface area contributed by atoms with E-state index in [9.17, 15) is 14.4 Å². The zero-order chi connectivity index (χ0) is 27.2. The van der Waals surface area contributed by atoms with Crippen molar-refractivity contribution >= 4 is 41.2 Å². The average molecular weight is 531 g/mol. The number of halogens is 1. The highest BCUT2D eigenvalue weighted by Crippen LogP contribution is 2.36. The number of methoxy groups -OCH3 is 1. The highest BCUT2D eigenvalue weighted by atomic mass is 35.5. The molecule has 0 aromatic heterocycles. The molecule has 0 radical (unpaired) electrons. The van der Waals surface area contributed by atoms with Gasteiger partial charge in [0.25, 0.3) is 11.8 Å². The number of rotatable bonds is 9. The van der Waals surface area contributed by atoms with Gasteiger partial charge in [-0.25, -0.2) is 9.69 Å². The van der Waals surface area contributed by atoms with Crippen molar-refractivity contribution in [3.63, 3.8) is 0 Å². The number of anilines is 1. The molecular weight excluding hydrogens is 504 g/mol. The molecule has 3 aromatic rings. The first-order valence-electron chi connectivity index (χ1n) is 12.0. The van der Waals surface area contributed by atoms with Gasteiger partial charge in [0.15, 0.2) is 11.5 Å². The quantitative estimate of drug-likeness (QED) is 0.212. The van der Waals surface area contributed by atoms with Crippen molar-refractivity contribution in [2.24, 2.45) is 0 Å². The second kappa shape index (κ2) is 11.8. The molecule has 0 atom stereocenters. The van der Waals surface area contributed by atoms with Gasteiger partial charge in [-0.15, -0.1) is 6.58 Å². The maximum absolute atomic E-state index is 13.3. The molecule has 0 saturated carbocycles. The molecule has 0 unspecified atom stereocenters. The minimum absolute atomic E-state index is 0.180. The lowest BCUT2D eigenvalue weighted by Gasteiger charge is -2.26. The topological polar surface area (TPSA) is 84.9 Å². The molecule has 0 aliphatic carbocycles. The van der Waals surface area contributed by atoms with Crippen LogP contribution in [0.15, 0.2) is 78.9 Å². The van der Waals surface area contributed by atoms with Crippen molar-refractivity contribution < 1.29 is 23.9 Å². The van der Waals surface area contributed by atoms with Crippen LogP contribution in [-0.4, -0.2) is 25.0 Å². The Morgan fingerprint density at radius 2 is 1.76 bits per heavy atom. The molecule has 3 aromatic carbocycles. The number of nitrogens with zero attached hydrogens (tertiary/aromatic N) is 1. The van der Waals surface area contributed by atoms with Crippen molar-refractivity contribution in [2.45, 2.75) is 26.4 Å². The molecule has 4 amide bonds. The summed E-state index contributed by atoms with van der Waals surface area (Å²) in [5.41, 5.74) is 3.33. The Bertz CT molecular complexity index is 1430. The molecule has 1 saturated heterocycles. The number of ether oxygens (including phenoxy) is 2. The van der Waals surface area contributed by atoms with Crippen LogP contribution in [0.1, 0.15) is 29.2 Å². The van der Waals surface area contributed by atoms with Crippen molar-refractivity contribution in [3.05, 3.63) is 106 Å². The molecule has 38 heavy (non-hydrogen) atoms. The highest BCUT2D eigenvalue weighted by Gasteiger charge is 2.36. The Labute approximate surface area is 226 Å². The molecule has 0 bridgehead atoms. The fourth-order valence-corrected chi connectivity index (χ4v) is 4.28. The maximum Gasteiger partial charge on any atom is 0.335 e. The van der Waals surface area contributed by atoms with Gasteiger partial charge >= 0.3 is 6.03 Å². The first-order valence-corrected chi connectivity index (χ1v) is 12.4. The molecule has 8 heteroatoms. The molecule has 194 valence electrons. The molecule has 1 N–H and O–H groups in total. The molecule has 1 heterocycles. The van der Waals surface area contributed by atoms with E-state index in [1.165, 1.54) is 13.2 Å². The number of benzene rings is 3. The summed E-state index contributed by atoms with van der Waals surface area (Å²) in [6, 6.07) is 17.1. The van der Waals surface area contributed by atoms with Crippen molar-refractivity contribution in [2.75, 3.05) is 12.0 Å². The number of carbonyl (C=O) groups is 3. The highest BCUT2D eigenvalue weighted by molar-refractivity contribution is 6.39. The molecule has 1 fully saturated rings. The minimum atomic E-state index is -0.797. The molecule has 1 aliphatic rings. The van der Waals surface area contributed by atoms with Gasteiger partial charge in [0.05, 0.1) is 12.8 Å². The third-order valence-electron chi connectivity index (χ3n) is 6.08. The summed E-state index contributed by atoms with van der Waals surface area (Å²) in [6.07, 6.45) is 4.41. The lowest BCUT2D eigenvalue weighted by Crippen LogP contribution is -2.54. The summed E-state index contributed by atoms with van der Waals surface area (Å²) in [5, 5.41) is 2.84. The zero-order valence-electron chi connectivity index (χ0n) is 21.1. The Hall–Kier alpha value is -4.36. The van der Waals surface area contributed by atoms with Gasteiger partial charge in [-0.1, -0.05) is 54.9 Å². The van der Waals surface area contributed by atoms with Gasteiger partial charge in [-0.2, -0.15) is 0 Å². The number of imide groups is 2. The van der Waals surface area contributed by atoms with Crippen LogP contribution in [0.25, 0.3) is 6.08 Å². The van der Waals surface area contributed by atoms with E-state index in [-0.39, 0.29) is 12.2 Å². The maximum atomic E-state index is 13.3. The first kappa shape index (κ1) is 26.7. The summed E-state index contributed by atoms with van der Waals surface area (Å²) >= 11 is 6.27. The van der Waals surface area contributed by atoms with Gasteiger partial charge in [0, 0.05) is 16.1 Å². The predicted octanol–water partition coefficient (Wildman–Crippen LogP) is 5.88. The van der Waals surface area contributed by atoms with Gasteiger partial charge in [0.1, 0.15) is 12.2 Å². The number of carbonyl (C=O) groups excluding carboxylic acids is 3. The molecule has 0 spiro atoms. The normalized spacial score (nSPS) is 14.4. The lowest BCUT2D eigenvalue weighted by atomic mass is 10.0. The summed E-state index contributed by atoms with van der Waals surface area (Å²) < 4.78 is 11.7. The summed E-state index contributed by atoms with van der Waals surface area (Å²) in [5.74, 6) is -0.576. The van der Waals surface area contributed by atoms with Crippen molar-refractivity contribution in [1.29, 1.82) is 0 Å². The Kier molecular flexibility index (Phi) is 8.28. The van der Waals surface area contributed by atoms with Gasteiger partial charge < -0.3 is 9.47 Å². The first-order chi connectivity index (χ1) is 18.4. The molecular formula is C30H27ClN2O5. The predicted molar refractivity (Wildman–Crippen MR) is 148 cm³/mol. The summed E-state index contributed by atoms with van der Waals surface area (Å²) in [4.78, 5) is 39.5. The number of nitrogens with one attached hydrogen (secondary N) is 1. The Morgan fingerprint density at radius 3 is 2.42 bits per heavy atom. The minimum Gasteiger partial charge on any atom is -0.493 e. The second-order valence-corrected chi connectivity index (χ2v) is 8.97. The number of hydrogen-bond acceptors (Lipinski definition) is 5. The van der Waals surface area contributed by atoms with Gasteiger partial charge in [-0.05, 0) is 60.4 Å². The third kappa shape index (κ3) is 5.63. The van der Waals surface area contributed by atoms with E-state index < -0.39 is 17.8 Å². The number of barbiturate groups is 1. The van der Waals surface area contributed by atoms with Crippen molar-refractivity contribution in [3.8, 4) is 11.5 Å². The monoisotopic (exact) mass is 530 g/mol.